The van der Waals surface area contributed by atoms with Crippen LogP contribution in [0.25, 0.3) is 5.78 Å². The molecule has 1 N–H and O–H groups in total. The number of aromatic amines is 1. The Labute approximate surface area is 163 Å². The first-order valence-electron chi connectivity index (χ1n) is 9.33. The Kier molecular flexibility index (Phi) is 5.77. The van der Waals surface area contributed by atoms with Crippen LogP contribution in [0.15, 0.2) is 29.1 Å². The molecule has 8 nitrogen and oxygen atoms in total. The first kappa shape index (κ1) is 19.6. The van der Waals surface area contributed by atoms with Crippen LogP contribution < -0.4 is 15.2 Å². The summed E-state index contributed by atoms with van der Waals surface area (Å²) in [7, 11) is 1.61. The number of amides is 1. The molecule has 1 aromatic carbocycles. The Balaban J connectivity index is 2.00. The van der Waals surface area contributed by atoms with Crippen LogP contribution >= 0.6 is 0 Å². The molecule has 0 aliphatic heterocycles. The number of nitrogens with one attached hydrogen (secondary N) is 1. The van der Waals surface area contributed by atoms with Crippen molar-refractivity contribution in [3.8, 4) is 5.75 Å². The van der Waals surface area contributed by atoms with Crippen molar-refractivity contribution in [2.45, 2.75) is 46.6 Å². The second-order valence-corrected chi connectivity index (χ2v) is 6.74. The van der Waals surface area contributed by atoms with Gasteiger partial charge in [-0.15, -0.1) is 0 Å². The predicted octanol–water partition coefficient (Wildman–Crippen LogP) is 2.77. The Morgan fingerprint density at radius 2 is 1.93 bits per heavy atom. The number of carbonyl (C=O) groups excluding carboxylic acids is 1. The van der Waals surface area contributed by atoms with Crippen molar-refractivity contribution in [3.05, 3.63) is 51.4 Å². The lowest BCUT2D eigenvalue weighted by atomic mass is 10.2. The molecule has 0 saturated carbocycles. The number of benzene rings is 1. The number of rotatable bonds is 7. The first-order valence-corrected chi connectivity index (χ1v) is 9.33. The van der Waals surface area contributed by atoms with E-state index in [0.29, 0.717) is 30.2 Å². The Bertz CT molecular complexity index is 1040. The minimum absolute atomic E-state index is 0.0572. The van der Waals surface area contributed by atoms with Crippen molar-refractivity contribution in [1.82, 2.24) is 19.6 Å². The van der Waals surface area contributed by atoms with Crippen molar-refractivity contribution in [3.63, 3.8) is 0 Å². The number of unbranched alkanes of at least 4 members (excludes halogenated alkanes) is 1. The summed E-state index contributed by atoms with van der Waals surface area (Å²) in [6.07, 6.45) is 2.11. The molecule has 0 unspecified atom stereocenters. The first-order chi connectivity index (χ1) is 13.4. The minimum atomic E-state index is -0.216. The summed E-state index contributed by atoms with van der Waals surface area (Å²) < 4.78 is 6.47. The largest absolute Gasteiger partial charge is 0.497 e. The van der Waals surface area contributed by atoms with Crippen molar-refractivity contribution < 1.29 is 9.53 Å². The summed E-state index contributed by atoms with van der Waals surface area (Å²) in [4.78, 5) is 35.7. The smallest absolute Gasteiger partial charge is 0.277 e. The normalized spacial score (nSPS) is 11.0. The summed E-state index contributed by atoms with van der Waals surface area (Å²) in [6.45, 7) is 5.86. The quantitative estimate of drug-likeness (QED) is 0.677. The van der Waals surface area contributed by atoms with Gasteiger partial charge in [-0.1, -0.05) is 25.5 Å². The molecule has 1 amide bonds. The SMILES string of the molecule is CCCCC(=O)N(Cc1ccc(OC)cc1)c1nc2nc(C)c(C)c(=O)n2[nH]1. The van der Waals surface area contributed by atoms with Crippen molar-refractivity contribution in [2.75, 3.05) is 12.0 Å². The highest BCUT2D eigenvalue weighted by Gasteiger charge is 2.21. The summed E-state index contributed by atoms with van der Waals surface area (Å²) in [5.41, 5.74) is 1.89. The van der Waals surface area contributed by atoms with Gasteiger partial charge in [-0.05, 0) is 38.0 Å². The molecule has 8 heteroatoms. The van der Waals surface area contributed by atoms with Crippen LogP contribution in [0.5, 0.6) is 5.75 Å². The van der Waals surface area contributed by atoms with Crippen LogP contribution in [0.2, 0.25) is 0 Å². The molecule has 0 spiro atoms. The highest BCUT2D eigenvalue weighted by Crippen LogP contribution is 2.18. The maximum absolute atomic E-state index is 12.9. The van der Waals surface area contributed by atoms with E-state index >= 15 is 0 Å². The lowest BCUT2D eigenvalue weighted by Crippen LogP contribution is -2.31. The van der Waals surface area contributed by atoms with E-state index in [9.17, 15) is 9.59 Å². The lowest BCUT2D eigenvalue weighted by Gasteiger charge is -2.20. The van der Waals surface area contributed by atoms with Crippen molar-refractivity contribution in [2.24, 2.45) is 0 Å². The lowest BCUT2D eigenvalue weighted by molar-refractivity contribution is -0.118. The van der Waals surface area contributed by atoms with Gasteiger partial charge in [0.15, 0.2) is 0 Å². The summed E-state index contributed by atoms with van der Waals surface area (Å²) in [6, 6.07) is 7.50. The number of nitrogens with zero attached hydrogens (tertiary/aromatic N) is 4. The van der Waals surface area contributed by atoms with Gasteiger partial charge in [-0.2, -0.15) is 9.50 Å². The number of fused-ring (bicyclic) bond motifs is 1. The highest BCUT2D eigenvalue weighted by atomic mass is 16.5. The third-order valence-corrected chi connectivity index (χ3v) is 4.75. The van der Waals surface area contributed by atoms with E-state index in [1.807, 2.05) is 31.2 Å². The van der Waals surface area contributed by atoms with Gasteiger partial charge in [-0.3, -0.25) is 19.6 Å². The van der Waals surface area contributed by atoms with Crippen LogP contribution in [-0.2, 0) is 11.3 Å². The number of H-pyrrole nitrogens is 1. The fraction of sp³-hybridized carbons (Fsp3) is 0.400. The zero-order chi connectivity index (χ0) is 20.3. The molecular formula is C20H25N5O3. The van der Waals surface area contributed by atoms with Crippen molar-refractivity contribution >= 4 is 17.6 Å². The molecule has 2 aromatic heterocycles. The minimum Gasteiger partial charge on any atom is -0.497 e. The Hall–Kier alpha value is -3.16. The van der Waals surface area contributed by atoms with E-state index in [-0.39, 0.29) is 17.2 Å². The van der Waals surface area contributed by atoms with Gasteiger partial charge in [-0.25, -0.2) is 4.98 Å². The molecule has 28 heavy (non-hydrogen) atoms. The molecule has 3 rings (SSSR count). The average molecular weight is 383 g/mol. The van der Waals surface area contributed by atoms with Crippen LogP contribution in [0.4, 0.5) is 5.95 Å². The van der Waals surface area contributed by atoms with E-state index in [2.05, 4.69) is 15.1 Å². The van der Waals surface area contributed by atoms with Crippen LogP contribution in [-0.4, -0.2) is 32.6 Å². The fourth-order valence-electron chi connectivity index (χ4n) is 2.87. The van der Waals surface area contributed by atoms with Gasteiger partial charge in [0.1, 0.15) is 5.75 Å². The number of aryl methyl sites for hydroxylation is 1. The van der Waals surface area contributed by atoms with Crippen LogP contribution in [0.3, 0.4) is 0 Å². The van der Waals surface area contributed by atoms with Crippen LogP contribution in [0, 0.1) is 13.8 Å². The van der Waals surface area contributed by atoms with Gasteiger partial charge < -0.3 is 4.74 Å². The molecule has 0 aliphatic carbocycles. The maximum Gasteiger partial charge on any atom is 0.277 e. The third kappa shape index (κ3) is 3.90. The molecule has 0 atom stereocenters. The average Bonchev–Trinajstić information content (AvgIpc) is 3.12. The zero-order valence-corrected chi connectivity index (χ0v) is 16.7. The van der Waals surface area contributed by atoms with E-state index in [1.54, 1.807) is 25.9 Å². The number of anilines is 1. The van der Waals surface area contributed by atoms with E-state index < -0.39 is 0 Å². The highest BCUT2D eigenvalue weighted by molar-refractivity contribution is 5.91. The second kappa shape index (κ2) is 8.24. The standard InChI is InChI=1S/C20H25N5O3/c1-5-6-7-17(26)24(12-15-8-10-16(28-4)11-9-15)20-22-19-21-14(3)13(2)18(27)25(19)23-20/h8-11H,5-7,12H2,1-4H3,(H,21,22,23). The fourth-order valence-corrected chi connectivity index (χ4v) is 2.87. The van der Waals surface area contributed by atoms with Gasteiger partial charge >= 0.3 is 0 Å². The maximum atomic E-state index is 12.9. The topological polar surface area (TPSA) is 92.6 Å². The Morgan fingerprint density at radius 3 is 2.57 bits per heavy atom. The molecule has 0 radical (unpaired) electrons. The molecule has 0 aliphatic rings. The predicted molar refractivity (Wildman–Crippen MR) is 107 cm³/mol. The monoisotopic (exact) mass is 383 g/mol. The van der Waals surface area contributed by atoms with E-state index in [1.165, 1.54) is 4.52 Å². The molecule has 0 bridgehead atoms. The van der Waals surface area contributed by atoms with E-state index in [0.717, 1.165) is 24.2 Å². The van der Waals surface area contributed by atoms with Gasteiger partial charge in [0.2, 0.25) is 11.9 Å². The van der Waals surface area contributed by atoms with Crippen molar-refractivity contribution in [1.29, 1.82) is 0 Å². The number of hydrogen-bond donors (Lipinski definition) is 1. The number of ether oxygens (including phenoxy) is 1. The number of hydrogen-bond acceptors (Lipinski definition) is 5. The molecule has 0 fully saturated rings. The third-order valence-electron chi connectivity index (χ3n) is 4.75. The summed E-state index contributed by atoms with van der Waals surface area (Å²) >= 11 is 0. The molecule has 3 aromatic rings. The zero-order valence-electron chi connectivity index (χ0n) is 16.7. The number of aromatic nitrogens is 4. The van der Waals surface area contributed by atoms with Gasteiger partial charge in [0.25, 0.3) is 11.3 Å². The summed E-state index contributed by atoms with van der Waals surface area (Å²) in [5.74, 6) is 1.26. The molecule has 148 valence electrons. The van der Waals surface area contributed by atoms with Crippen LogP contribution in [0.1, 0.15) is 43.0 Å². The Morgan fingerprint density at radius 1 is 1.21 bits per heavy atom. The molecular weight excluding hydrogens is 358 g/mol. The van der Waals surface area contributed by atoms with E-state index in [4.69, 9.17) is 4.74 Å². The van der Waals surface area contributed by atoms with Gasteiger partial charge in [0.05, 0.1) is 13.7 Å². The molecule has 2 heterocycles. The van der Waals surface area contributed by atoms with Gasteiger partial charge in [0, 0.05) is 17.7 Å². The second-order valence-electron chi connectivity index (χ2n) is 6.74. The summed E-state index contributed by atoms with van der Waals surface area (Å²) in [5, 5.41) is 2.94. The number of carbonyl (C=O) groups is 1. The number of methoxy groups -OCH3 is 1. The molecule has 0 saturated heterocycles.